The lowest BCUT2D eigenvalue weighted by Crippen LogP contribution is -2.29. The molecule has 1 fully saturated rings. The quantitative estimate of drug-likeness (QED) is 0.771. The van der Waals surface area contributed by atoms with E-state index in [1.165, 1.54) is 17.8 Å². The SMILES string of the molecule is NC(=S)CCN(Cc1nccs1)C1CC1. The van der Waals surface area contributed by atoms with Crippen molar-refractivity contribution in [2.45, 2.75) is 31.8 Å². The molecule has 2 rings (SSSR count). The Morgan fingerprint density at radius 2 is 2.47 bits per heavy atom. The topological polar surface area (TPSA) is 42.1 Å². The van der Waals surface area contributed by atoms with Gasteiger partial charge in [0, 0.05) is 30.6 Å². The Labute approximate surface area is 99.3 Å². The van der Waals surface area contributed by atoms with E-state index in [0.29, 0.717) is 4.99 Å². The van der Waals surface area contributed by atoms with Gasteiger partial charge >= 0.3 is 0 Å². The van der Waals surface area contributed by atoms with Gasteiger partial charge in [-0.15, -0.1) is 11.3 Å². The fourth-order valence-corrected chi connectivity index (χ4v) is 2.32. The molecule has 1 aliphatic rings. The summed E-state index contributed by atoms with van der Waals surface area (Å²) in [6.45, 7) is 1.92. The number of nitrogens with zero attached hydrogens (tertiary/aromatic N) is 2. The van der Waals surface area contributed by atoms with E-state index >= 15 is 0 Å². The summed E-state index contributed by atoms with van der Waals surface area (Å²) in [7, 11) is 0. The summed E-state index contributed by atoms with van der Waals surface area (Å²) < 4.78 is 0. The molecule has 2 N–H and O–H groups in total. The molecule has 5 heteroatoms. The Balaban J connectivity index is 1.86. The van der Waals surface area contributed by atoms with Crippen LogP contribution in [0, 0.1) is 0 Å². The van der Waals surface area contributed by atoms with Crippen LogP contribution in [-0.4, -0.2) is 27.5 Å². The number of aromatic nitrogens is 1. The fourth-order valence-electron chi connectivity index (χ4n) is 1.59. The highest BCUT2D eigenvalue weighted by atomic mass is 32.1. The van der Waals surface area contributed by atoms with Crippen LogP contribution in [-0.2, 0) is 6.54 Å². The standard InChI is InChI=1S/C10H15N3S2/c11-9(14)3-5-13(8-1-2-8)7-10-12-4-6-15-10/h4,6,8H,1-3,5,7H2,(H2,11,14). The first-order valence-corrected chi connectivity index (χ1v) is 6.45. The Morgan fingerprint density at radius 1 is 1.67 bits per heavy atom. The first-order chi connectivity index (χ1) is 7.25. The molecule has 0 saturated heterocycles. The normalized spacial score (nSPS) is 15.8. The van der Waals surface area contributed by atoms with E-state index in [2.05, 4.69) is 9.88 Å². The Bertz CT molecular complexity index is 319. The van der Waals surface area contributed by atoms with E-state index < -0.39 is 0 Å². The summed E-state index contributed by atoms with van der Waals surface area (Å²) >= 11 is 6.62. The molecule has 3 nitrogen and oxygen atoms in total. The van der Waals surface area contributed by atoms with Crippen molar-refractivity contribution in [2.75, 3.05) is 6.54 Å². The minimum absolute atomic E-state index is 0.611. The van der Waals surface area contributed by atoms with Gasteiger partial charge in [-0.05, 0) is 12.8 Å². The highest BCUT2D eigenvalue weighted by Gasteiger charge is 2.29. The minimum Gasteiger partial charge on any atom is -0.393 e. The van der Waals surface area contributed by atoms with E-state index in [0.717, 1.165) is 25.6 Å². The molecular formula is C10H15N3S2. The third-order valence-electron chi connectivity index (χ3n) is 2.53. The molecular weight excluding hydrogens is 226 g/mol. The smallest absolute Gasteiger partial charge is 0.107 e. The van der Waals surface area contributed by atoms with Crippen LogP contribution in [0.3, 0.4) is 0 Å². The summed E-state index contributed by atoms with van der Waals surface area (Å²) in [6.07, 6.45) is 5.29. The van der Waals surface area contributed by atoms with Crippen molar-refractivity contribution < 1.29 is 0 Å². The zero-order valence-corrected chi connectivity index (χ0v) is 10.2. The molecule has 1 saturated carbocycles. The molecule has 1 heterocycles. The van der Waals surface area contributed by atoms with Gasteiger partial charge in [-0.2, -0.15) is 0 Å². The molecule has 0 aromatic carbocycles. The predicted molar refractivity (Wildman–Crippen MR) is 66.9 cm³/mol. The van der Waals surface area contributed by atoms with Crippen molar-refractivity contribution in [3.05, 3.63) is 16.6 Å². The largest absolute Gasteiger partial charge is 0.393 e. The number of thiazole rings is 1. The van der Waals surface area contributed by atoms with Gasteiger partial charge in [0.2, 0.25) is 0 Å². The van der Waals surface area contributed by atoms with Gasteiger partial charge in [0.05, 0.1) is 11.5 Å². The highest BCUT2D eigenvalue weighted by Crippen LogP contribution is 2.28. The second-order valence-electron chi connectivity index (χ2n) is 3.84. The van der Waals surface area contributed by atoms with Crippen LogP contribution < -0.4 is 5.73 Å². The maximum absolute atomic E-state index is 5.53. The molecule has 0 aliphatic heterocycles. The summed E-state index contributed by atoms with van der Waals surface area (Å²) in [5.41, 5.74) is 5.53. The maximum atomic E-state index is 5.53. The molecule has 1 aromatic heterocycles. The fraction of sp³-hybridized carbons (Fsp3) is 0.600. The predicted octanol–water partition coefficient (Wildman–Crippen LogP) is 1.78. The van der Waals surface area contributed by atoms with Gasteiger partial charge in [-0.1, -0.05) is 12.2 Å². The van der Waals surface area contributed by atoms with Crippen molar-refractivity contribution in [1.82, 2.24) is 9.88 Å². The van der Waals surface area contributed by atoms with Crippen LogP contribution in [0.5, 0.6) is 0 Å². The summed E-state index contributed by atoms with van der Waals surface area (Å²) in [5, 5.41) is 3.21. The van der Waals surface area contributed by atoms with Crippen molar-refractivity contribution in [3.63, 3.8) is 0 Å². The summed E-state index contributed by atoms with van der Waals surface area (Å²) in [4.78, 5) is 7.36. The van der Waals surface area contributed by atoms with Gasteiger partial charge in [-0.3, -0.25) is 4.90 Å². The van der Waals surface area contributed by atoms with Gasteiger partial charge < -0.3 is 5.73 Å². The molecule has 0 bridgehead atoms. The van der Waals surface area contributed by atoms with E-state index in [1.807, 2.05) is 11.6 Å². The number of rotatable bonds is 6. The Morgan fingerprint density at radius 3 is 3.00 bits per heavy atom. The van der Waals surface area contributed by atoms with Gasteiger partial charge in [-0.25, -0.2) is 4.98 Å². The second kappa shape index (κ2) is 5.01. The van der Waals surface area contributed by atoms with Crippen LogP contribution >= 0.6 is 23.6 Å². The average molecular weight is 241 g/mol. The van der Waals surface area contributed by atoms with Crippen molar-refractivity contribution in [2.24, 2.45) is 5.73 Å². The molecule has 15 heavy (non-hydrogen) atoms. The van der Waals surface area contributed by atoms with Crippen molar-refractivity contribution >= 4 is 28.5 Å². The first-order valence-electron chi connectivity index (χ1n) is 5.16. The summed E-state index contributed by atoms with van der Waals surface area (Å²) in [5.74, 6) is 0. The lowest BCUT2D eigenvalue weighted by Gasteiger charge is -2.20. The monoisotopic (exact) mass is 241 g/mol. The molecule has 0 radical (unpaired) electrons. The third-order valence-corrected chi connectivity index (χ3v) is 3.50. The number of nitrogens with two attached hydrogens (primary N) is 1. The van der Waals surface area contributed by atoms with Crippen LogP contribution in [0.15, 0.2) is 11.6 Å². The number of thiocarbonyl (C=S) groups is 1. The minimum atomic E-state index is 0.611. The van der Waals surface area contributed by atoms with Crippen molar-refractivity contribution in [3.8, 4) is 0 Å². The third kappa shape index (κ3) is 3.52. The van der Waals surface area contributed by atoms with Gasteiger partial charge in [0.1, 0.15) is 5.01 Å². The van der Waals surface area contributed by atoms with Crippen LogP contribution in [0.2, 0.25) is 0 Å². The zero-order chi connectivity index (χ0) is 10.7. The molecule has 0 spiro atoms. The van der Waals surface area contributed by atoms with Gasteiger partial charge in [0.15, 0.2) is 0 Å². The number of hydrogen-bond acceptors (Lipinski definition) is 4. The zero-order valence-electron chi connectivity index (χ0n) is 8.56. The lowest BCUT2D eigenvalue weighted by atomic mass is 10.3. The molecule has 0 atom stereocenters. The van der Waals surface area contributed by atoms with Crippen molar-refractivity contribution in [1.29, 1.82) is 0 Å². The molecule has 82 valence electrons. The molecule has 0 amide bonds. The van der Waals surface area contributed by atoms with Crippen LogP contribution in [0.25, 0.3) is 0 Å². The maximum Gasteiger partial charge on any atom is 0.107 e. The highest BCUT2D eigenvalue weighted by molar-refractivity contribution is 7.80. The molecule has 1 aliphatic carbocycles. The van der Waals surface area contributed by atoms with E-state index in [-0.39, 0.29) is 0 Å². The Kier molecular flexibility index (Phi) is 3.66. The number of hydrogen-bond donors (Lipinski definition) is 1. The van der Waals surface area contributed by atoms with Gasteiger partial charge in [0.25, 0.3) is 0 Å². The lowest BCUT2D eigenvalue weighted by molar-refractivity contribution is 0.262. The van der Waals surface area contributed by atoms with E-state index in [9.17, 15) is 0 Å². The average Bonchev–Trinajstić information content (AvgIpc) is 2.91. The second-order valence-corrected chi connectivity index (χ2v) is 5.35. The van der Waals surface area contributed by atoms with Crippen LogP contribution in [0.1, 0.15) is 24.3 Å². The molecule has 1 aromatic rings. The van der Waals surface area contributed by atoms with E-state index in [4.69, 9.17) is 18.0 Å². The van der Waals surface area contributed by atoms with E-state index in [1.54, 1.807) is 11.3 Å². The first kappa shape index (κ1) is 11.0. The molecule has 0 unspecified atom stereocenters. The Hall–Kier alpha value is -0.520. The van der Waals surface area contributed by atoms with Crippen LogP contribution in [0.4, 0.5) is 0 Å². The summed E-state index contributed by atoms with van der Waals surface area (Å²) in [6, 6.07) is 0.739.